The Labute approximate surface area is 123 Å². The number of hydrogen-bond acceptors (Lipinski definition) is 5. The van der Waals surface area contributed by atoms with Crippen molar-refractivity contribution >= 4 is 14.8 Å². The maximum atomic E-state index is 11.5. The van der Waals surface area contributed by atoms with E-state index in [9.17, 15) is 4.79 Å². The van der Waals surface area contributed by atoms with Gasteiger partial charge in [0.05, 0.1) is 0 Å². The Morgan fingerprint density at radius 2 is 1.35 bits per heavy atom. The van der Waals surface area contributed by atoms with Gasteiger partial charge in [-0.05, 0) is 26.2 Å². The Balaban J connectivity index is 4.73. The van der Waals surface area contributed by atoms with E-state index >= 15 is 0 Å². The van der Waals surface area contributed by atoms with Gasteiger partial charge in [-0.15, -0.1) is 0 Å². The molecule has 0 amide bonds. The van der Waals surface area contributed by atoms with Crippen molar-refractivity contribution < 1.29 is 22.8 Å². The molecule has 0 N–H and O–H groups in total. The fourth-order valence-corrected chi connectivity index (χ4v) is 3.65. The molecule has 118 valence electrons. The van der Waals surface area contributed by atoms with Gasteiger partial charge in [0.2, 0.25) is 0 Å². The summed E-state index contributed by atoms with van der Waals surface area (Å²) in [4.78, 5) is 11.5. The minimum Gasteiger partial charge on any atom is -0.458 e. The van der Waals surface area contributed by atoms with E-state index in [1.807, 2.05) is 20.8 Å². The molecule has 5 nitrogen and oxygen atoms in total. The predicted octanol–water partition coefficient (Wildman–Crippen LogP) is 2.86. The first kappa shape index (κ1) is 19.3. The van der Waals surface area contributed by atoms with Crippen LogP contribution in [-0.4, -0.2) is 40.8 Å². The van der Waals surface area contributed by atoms with Gasteiger partial charge in [0.25, 0.3) is 0 Å². The molecule has 0 bridgehead atoms. The van der Waals surface area contributed by atoms with Crippen LogP contribution in [0.4, 0.5) is 0 Å². The van der Waals surface area contributed by atoms with Crippen molar-refractivity contribution in [3.8, 4) is 0 Å². The minimum atomic E-state index is -2.95. The van der Waals surface area contributed by atoms with E-state index in [0.717, 1.165) is 19.3 Å². The molecule has 0 unspecified atom stereocenters. The third kappa shape index (κ3) is 7.79. The van der Waals surface area contributed by atoms with Gasteiger partial charge in [-0.2, -0.15) is 0 Å². The number of esters is 1. The number of carbonyl (C=O) groups excluding carboxylic acids is 1. The zero-order valence-corrected chi connectivity index (χ0v) is 14.2. The van der Waals surface area contributed by atoms with Crippen molar-refractivity contribution in [2.24, 2.45) is 0 Å². The molecule has 0 aliphatic heterocycles. The summed E-state index contributed by atoms with van der Waals surface area (Å²) in [5.74, 6) is -0.442. The molecule has 0 saturated heterocycles. The predicted molar refractivity (Wildman–Crippen MR) is 80.3 cm³/mol. The van der Waals surface area contributed by atoms with E-state index in [2.05, 4.69) is 6.58 Å². The Kier molecular flexibility index (Phi) is 10.6. The average molecular weight is 304 g/mol. The minimum absolute atomic E-state index is 0.0404. The van der Waals surface area contributed by atoms with E-state index in [0.29, 0.717) is 25.4 Å². The molecule has 0 radical (unpaired) electrons. The second kappa shape index (κ2) is 11.0. The lowest BCUT2D eigenvalue weighted by Gasteiger charge is -2.28. The van der Waals surface area contributed by atoms with E-state index in [4.69, 9.17) is 18.0 Å². The Hall–Kier alpha value is -0.693. The zero-order chi connectivity index (χ0) is 15.4. The molecular weight excluding hydrogens is 276 g/mol. The topological polar surface area (TPSA) is 54.0 Å². The van der Waals surface area contributed by atoms with Crippen molar-refractivity contribution in [2.75, 3.05) is 26.1 Å². The highest BCUT2D eigenvalue weighted by atomic mass is 28.4. The summed E-state index contributed by atoms with van der Waals surface area (Å²) < 4.78 is 22.6. The summed E-state index contributed by atoms with van der Waals surface area (Å²) in [7, 11) is -2.95. The van der Waals surface area contributed by atoms with Crippen LogP contribution < -0.4 is 0 Å². The van der Waals surface area contributed by atoms with Crippen molar-refractivity contribution in [2.45, 2.75) is 47.0 Å². The van der Waals surface area contributed by atoms with Crippen LogP contribution in [0.3, 0.4) is 0 Å². The SMILES string of the molecule is C=C(C)C(=O)OC[Si](OCCC)(OCCC)OCCC. The molecule has 0 rings (SSSR count). The van der Waals surface area contributed by atoms with Gasteiger partial charge < -0.3 is 18.0 Å². The summed E-state index contributed by atoms with van der Waals surface area (Å²) in [6, 6.07) is 0. The lowest BCUT2D eigenvalue weighted by atomic mass is 10.4. The van der Waals surface area contributed by atoms with Crippen LogP contribution in [0.1, 0.15) is 47.0 Å². The van der Waals surface area contributed by atoms with Crippen LogP contribution in [0.5, 0.6) is 0 Å². The molecule has 0 aliphatic rings. The van der Waals surface area contributed by atoms with E-state index in [1.54, 1.807) is 6.92 Å². The second-order valence-electron chi connectivity index (χ2n) is 4.58. The third-order valence-corrected chi connectivity index (χ3v) is 4.74. The quantitative estimate of drug-likeness (QED) is 0.315. The molecule has 0 aromatic rings. The first-order chi connectivity index (χ1) is 9.51. The van der Waals surface area contributed by atoms with E-state index in [-0.39, 0.29) is 6.23 Å². The van der Waals surface area contributed by atoms with E-state index < -0.39 is 14.8 Å². The van der Waals surface area contributed by atoms with Gasteiger partial charge in [0.1, 0.15) is 0 Å². The molecule has 6 heteroatoms. The highest BCUT2D eigenvalue weighted by Gasteiger charge is 2.43. The van der Waals surface area contributed by atoms with Crippen molar-refractivity contribution in [1.82, 2.24) is 0 Å². The molecule has 0 aromatic heterocycles. The van der Waals surface area contributed by atoms with Gasteiger partial charge in [-0.3, -0.25) is 0 Å². The van der Waals surface area contributed by atoms with Crippen LogP contribution in [0.25, 0.3) is 0 Å². The Morgan fingerprint density at radius 1 is 0.950 bits per heavy atom. The largest absolute Gasteiger partial charge is 0.540 e. The number of carbonyl (C=O) groups is 1. The van der Waals surface area contributed by atoms with Gasteiger partial charge in [-0.25, -0.2) is 4.79 Å². The molecular formula is C14H28O5Si. The molecule has 0 saturated carbocycles. The summed E-state index contributed by atoms with van der Waals surface area (Å²) in [6.07, 6.45) is 2.61. The number of ether oxygens (including phenoxy) is 1. The van der Waals surface area contributed by atoms with Crippen molar-refractivity contribution in [3.05, 3.63) is 12.2 Å². The Morgan fingerprint density at radius 3 is 1.65 bits per heavy atom. The van der Waals surface area contributed by atoms with Crippen LogP contribution >= 0.6 is 0 Å². The molecule has 0 heterocycles. The number of hydrogen-bond donors (Lipinski definition) is 0. The van der Waals surface area contributed by atoms with Crippen molar-refractivity contribution in [3.63, 3.8) is 0 Å². The Bertz CT molecular complexity index is 272. The first-order valence-electron chi connectivity index (χ1n) is 7.25. The molecule has 0 fully saturated rings. The van der Waals surface area contributed by atoms with Gasteiger partial charge in [0.15, 0.2) is 6.23 Å². The summed E-state index contributed by atoms with van der Waals surface area (Å²) in [5, 5.41) is 0. The van der Waals surface area contributed by atoms with E-state index in [1.165, 1.54) is 0 Å². The highest BCUT2D eigenvalue weighted by molar-refractivity contribution is 6.60. The maximum Gasteiger partial charge on any atom is 0.540 e. The fraction of sp³-hybridized carbons (Fsp3) is 0.786. The molecule has 0 aromatic carbocycles. The normalized spacial score (nSPS) is 11.4. The summed E-state index contributed by atoms with van der Waals surface area (Å²) in [6.45, 7) is 12.8. The van der Waals surface area contributed by atoms with Crippen LogP contribution in [0.2, 0.25) is 0 Å². The molecule has 0 aliphatic carbocycles. The molecule has 0 spiro atoms. The second-order valence-corrected chi connectivity index (χ2v) is 7.11. The lowest BCUT2D eigenvalue weighted by molar-refractivity contribution is -0.139. The van der Waals surface area contributed by atoms with Gasteiger partial charge in [-0.1, -0.05) is 27.4 Å². The first-order valence-corrected chi connectivity index (χ1v) is 9.19. The molecule has 20 heavy (non-hydrogen) atoms. The maximum absolute atomic E-state index is 11.5. The monoisotopic (exact) mass is 304 g/mol. The fourth-order valence-electron chi connectivity index (χ4n) is 1.30. The van der Waals surface area contributed by atoms with Crippen LogP contribution in [0.15, 0.2) is 12.2 Å². The zero-order valence-electron chi connectivity index (χ0n) is 13.2. The number of rotatable bonds is 12. The van der Waals surface area contributed by atoms with Gasteiger partial charge >= 0.3 is 14.8 Å². The average Bonchev–Trinajstić information content (AvgIpc) is 2.45. The lowest BCUT2D eigenvalue weighted by Crippen LogP contribution is -2.52. The standard InChI is InChI=1S/C14H28O5Si/c1-6-9-17-20(18-10-7-2,19-11-8-3)12-16-14(15)13(4)5/h4,6-12H2,1-3,5H3. The van der Waals surface area contributed by atoms with Crippen LogP contribution in [0, 0.1) is 0 Å². The smallest absolute Gasteiger partial charge is 0.458 e. The highest BCUT2D eigenvalue weighted by Crippen LogP contribution is 2.13. The molecule has 0 atom stereocenters. The van der Waals surface area contributed by atoms with Crippen LogP contribution in [-0.2, 0) is 22.8 Å². The summed E-state index contributed by atoms with van der Waals surface area (Å²) >= 11 is 0. The third-order valence-electron chi connectivity index (χ3n) is 2.31. The summed E-state index contributed by atoms with van der Waals surface area (Å²) in [5.41, 5.74) is 0.356. The van der Waals surface area contributed by atoms with Crippen molar-refractivity contribution in [1.29, 1.82) is 0 Å². The van der Waals surface area contributed by atoms with Gasteiger partial charge in [0, 0.05) is 25.4 Å².